The van der Waals surface area contributed by atoms with Crippen molar-refractivity contribution in [1.82, 2.24) is 40.0 Å². The van der Waals surface area contributed by atoms with E-state index in [4.69, 9.17) is 4.74 Å². The first-order valence-electron chi connectivity index (χ1n) is 12.9. The molecular formula is C29H25FN8O. The zero-order chi connectivity index (χ0) is 26.2. The minimum Gasteiger partial charge on any atom is -0.492 e. The fraction of sp³-hybridized carbons (Fsp3) is 0.207. The van der Waals surface area contributed by atoms with Gasteiger partial charge in [-0.3, -0.25) is 29.9 Å². The molecular weight excluding hydrogens is 495 g/mol. The fourth-order valence-corrected chi connectivity index (χ4v) is 5.20. The Balaban J connectivity index is 1.23. The predicted molar refractivity (Wildman–Crippen MR) is 147 cm³/mol. The van der Waals surface area contributed by atoms with Gasteiger partial charge in [-0.1, -0.05) is 0 Å². The molecule has 0 saturated carbocycles. The second kappa shape index (κ2) is 9.88. The second-order valence-electron chi connectivity index (χ2n) is 9.68. The molecule has 6 aromatic rings. The first-order chi connectivity index (χ1) is 19.2. The minimum absolute atomic E-state index is 0.348. The van der Waals surface area contributed by atoms with Gasteiger partial charge < -0.3 is 9.72 Å². The zero-order valence-electron chi connectivity index (χ0n) is 21.1. The smallest absolute Gasteiger partial charge is 0.127 e. The maximum atomic E-state index is 14.7. The number of rotatable bonds is 7. The average molecular weight is 521 g/mol. The van der Waals surface area contributed by atoms with E-state index in [1.54, 1.807) is 37.2 Å². The quantitative estimate of drug-likeness (QED) is 0.296. The topological polar surface area (TPSA) is 108 Å². The molecule has 0 spiro atoms. The summed E-state index contributed by atoms with van der Waals surface area (Å²) in [5, 5.41) is 9.42. The molecule has 5 aromatic heterocycles. The summed E-state index contributed by atoms with van der Waals surface area (Å²) in [6.07, 6.45) is 12.7. The number of hydrogen-bond acceptors (Lipinski definition) is 7. The first-order valence-corrected chi connectivity index (χ1v) is 12.9. The Morgan fingerprint density at radius 2 is 1.77 bits per heavy atom. The zero-order valence-corrected chi connectivity index (χ0v) is 21.1. The van der Waals surface area contributed by atoms with Crippen LogP contribution in [0.15, 0.2) is 67.5 Å². The Morgan fingerprint density at radius 1 is 0.846 bits per heavy atom. The highest BCUT2D eigenvalue weighted by molar-refractivity contribution is 6.01. The van der Waals surface area contributed by atoms with E-state index in [0.717, 1.165) is 58.4 Å². The Hall–Kier alpha value is -4.70. The lowest BCUT2D eigenvalue weighted by Crippen LogP contribution is -2.25. The van der Waals surface area contributed by atoms with E-state index in [1.165, 1.54) is 25.0 Å². The standard InChI is InChI=1S/C29H25FN8O/c30-19-9-18(10-20(11-19)39-8-7-38-5-1-2-6-38)23-14-32-15-26-21(23)12-25(35-26)29-22-13-24(28-16-31-3-4-33-28)34-17-27(22)36-37-29/h3-4,9-17,35H,1-2,5-8H2,(H,36,37). The van der Waals surface area contributed by atoms with Crippen molar-refractivity contribution in [3.63, 3.8) is 0 Å². The largest absolute Gasteiger partial charge is 0.492 e. The normalized spacial score (nSPS) is 14.0. The van der Waals surface area contributed by atoms with E-state index < -0.39 is 0 Å². The minimum atomic E-state index is -0.348. The summed E-state index contributed by atoms with van der Waals surface area (Å²) in [4.78, 5) is 23.2. The molecule has 39 heavy (non-hydrogen) atoms. The highest BCUT2D eigenvalue weighted by atomic mass is 19.1. The number of hydrogen-bond donors (Lipinski definition) is 2. The van der Waals surface area contributed by atoms with Crippen LogP contribution in [0.25, 0.3) is 55.7 Å². The third kappa shape index (κ3) is 4.59. The number of pyridine rings is 2. The number of fused-ring (bicyclic) bond motifs is 2. The van der Waals surface area contributed by atoms with Crippen LogP contribution in [0.5, 0.6) is 5.75 Å². The maximum absolute atomic E-state index is 14.7. The van der Waals surface area contributed by atoms with Crippen molar-refractivity contribution in [2.24, 2.45) is 0 Å². The van der Waals surface area contributed by atoms with Crippen LogP contribution in [0.3, 0.4) is 0 Å². The summed E-state index contributed by atoms with van der Waals surface area (Å²) in [5.41, 5.74) is 6.06. The molecule has 0 aliphatic carbocycles. The first kappa shape index (κ1) is 23.4. The van der Waals surface area contributed by atoms with E-state index in [2.05, 4.69) is 40.0 Å². The maximum Gasteiger partial charge on any atom is 0.127 e. The van der Waals surface area contributed by atoms with E-state index in [9.17, 15) is 4.39 Å². The number of benzene rings is 1. The van der Waals surface area contributed by atoms with Gasteiger partial charge in [-0.25, -0.2) is 4.39 Å². The summed E-state index contributed by atoms with van der Waals surface area (Å²) < 4.78 is 20.6. The van der Waals surface area contributed by atoms with Crippen molar-refractivity contribution >= 4 is 21.8 Å². The van der Waals surface area contributed by atoms with Gasteiger partial charge in [0.25, 0.3) is 0 Å². The molecule has 0 amide bonds. The summed E-state index contributed by atoms with van der Waals surface area (Å²) in [7, 11) is 0. The van der Waals surface area contributed by atoms with Gasteiger partial charge in [-0.05, 0) is 55.8 Å². The van der Waals surface area contributed by atoms with Gasteiger partial charge in [-0.2, -0.15) is 5.10 Å². The molecule has 1 fully saturated rings. The number of nitrogens with one attached hydrogen (secondary N) is 2. The van der Waals surface area contributed by atoms with Crippen molar-refractivity contribution in [3.05, 3.63) is 73.3 Å². The third-order valence-electron chi connectivity index (χ3n) is 7.13. The van der Waals surface area contributed by atoms with Crippen LogP contribution in [-0.2, 0) is 0 Å². The van der Waals surface area contributed by atoms with Crippen LogP contribution in [0.2, 0.25) is 0 Å². The Morgan fingerprint density at radius 3 is 2.64 bits per heavy atom. The Kier molecular flexibility index (Phi) is 5.93. The molecule has 7 rings (SSSR count). The van der Waals surface area contributed by atoms with Crippen LogP contribution < -0.4 is 4.74 Å². The van der Waals surface area contributed by atoms with Gasteiger partial charge in [0.1, 0.15) is 29.6 Å². The lowest BCUT2D eigenvalue weighted by atomic mass is 10.0. The summed E-state index contributed by atoms with van der Waals surface area (Å²) in [5.74, 6) is 0.165. The number of nitrogens with zero attached hydrogens (tertiary/aromatic N) is 6. The molecule has 10 heteroatoms. The van der Waals surface area contributed by atoms with Gasteiger partial charge in [0, 0.05) is 47.5 Å². The molecule has 0 bridgehead atoms. The Bertz CT molecular complexity index is 1780. The Labute approximate surface area is 223 Å². The van der Waals surface area contributed by atoms with Gasteiger partial charge >= 0.3 is 0 Å². The van der Waals surface area contributed by atoms with Gasteiger partial charge in [-0.15, -0.1) is 0 Å². The molecule has 2 N–H and O–H groups in total. The average Bonchev–Trinajstić information content (AvgIpc) is 3.72. The fourth-order valence-electron chi connectivity index (χ4n) is 5.20. The van der Waals surface area contributed by atoms with Crippen molar-refractivity contribution in [1.29, 1.82) is 0 Å². The van der Waals surface area contributed by atoms with Crippen molar-refractivity contribution in [3.8, 4) is 39.7 Å². The van der Waals surface area contributed by atoms with E-state index in [-0.39, 0.29) is 5.82 Å². The SMILES string of the molecule is Fc1cc(OCCN2CCCC2)cc(-c2cncc3[nH]c(-c4n[nH]c5cnc(-c6cnccn6)cc45)cc23)c1. The highest BCUT2D eigenvalue weighted by Crippen LogP contribution is 2.35. The third-order valence-corrected chi connectivity index (χ3v) is 7.13. The van der Waals surface area contributed by atoms with Crippen LogP contribution in [-0.4, -0.2) is 66.3 Å². The molecule has 9 nitrogen and oxygen atoms in total. The van der Waals surface area contributed by atoms with E-state index >= 15 is 0 Å². The van der Waals surface area contributed by atoms with Crippen LogP contribution in [0, 0.1) is 5.82 Å². The lowest BCUT2D eigenvalue weighted by molar-refractivity contribution is 0.237. The molecule has 0 unspecified atom stereocenters. The van der Waals surface area contributed by atoms with E-state index in [1.807, 2.05) is 18.2 Å². The van der Waals surface area contributed by atoms with Gasteiger partial charge in [0.15, 0.2) is 0 Å². The number of aromatic nitrogens is 7. The molecule has 1 aliphatic heterocycles. The molecule has 0 atom stereocenters. The van der Waals surface area contributed by atoms with Crippen LogP contribution >= 0.6 is 0 Å². The van der Waals surface area contributed by atoms with Gasteiger partial charge in [0.2, 0.25) is 0 Å². The lowest BCUT2D eigenvalue weighted by Gasteiger charge is -2.15. The molecule has 0 radical (unpaired) electrons. The molecule has 1 aromatic carbocycles. The number of halogens is 1. The van der Waals surface area contributed by atoms with Crippen molar-refractivity contribution < 1.29 is 9.13 Å². The number of ether oxygens (including phenoxy) is 1. The van der Waals surface area contributed by atoms with Crippen LogP contribution in [0.4, 0.5) is 4.39 Å². The van der Waals surface area contributed by atoms with E-state index in [0.29, 0.717) is 29.3 Å². The molecule has 194 valence electrons. The molecule has 1 saturated heterocycles. The highest BCUT2D eigenvalue weighted by Gasteiger charge is 2.17. The number of likely N-dealkylation sites (tertiary alicyclic amines) is 1. The molecule has 6 heterocycles. The summed E-state index contributed by atoms with van der Waals surface area (Å²) in [6.45, 7) is 3.57. The predicted octanol–water partition coefficient (Wildman–Crippen LogP) is 5.24. The van der Waals surface area contributed by atoms with Crippen molar-refractivity contribution in [2.45, 2.75) is 12.8 Å². The number of H-pyrrole nitrogens is 2. The number of aromatic amines is 2. The van der Waals surface area contributed by atoms with Gasteiger partial charge in [0.05, 0.1) is 41.0 Å². The summed E-state index contributed by atoms with van der Waals surface area (Å²) in [6, 6.07) is 8.78. The second-order valence-corrected chi connectivity index (χ2v) is 9.68. The van der Waals surface area contributed by atoms with Crippen LogP contribution in [0.1, 0.15) is 12.8 Å². The monoisotopic (exact) mass is 520 g/mol. The molecule has 1 aliphatic rings. The van der Waals surface area contributed by atoms with Crippen molar-refractivity contribution in [2.75, 3.05) is 26.2 Å². The summed E-state index contributed by atoms with van der Waals surface area (Å²) >= 11 is 0.